The summed E-state index contributed by atoms with van der Waals surface area (Å²) in [6.45, 7) is 5.18. The molecule has 2 aromatic heterocycles. The van der Waals surface area contributed by atoms with Crippen LogP contribution < -0.4 is 21.3 Å². The second-order valence-corrected chi connectivity index (χ2v) is 17.1. The minimum absolute atomic E-state index is 0.0251. The molecule has 2 aromatic carbocycles. The van der Waals surface area contributed by atoms with Crippen LogP contribution >= 0.6 is 0 Å². The van der Waals surface area contributed by atoms with Gasteiger partial charge in [0.15, 0.2) is 11.5 Å². The molecule has 6 amide bonds. The first kappa shape index (κ1) is 40.2. The summed E-state index contributed by atoms with van der Waals surface area (Å²) >= 11 is 0. The minimum Gasteiger partial charge on any atom is -0.375 e. The van der Waals surface area contributed by atoms with Gasteiger partial charge in [0.1, 0.15) is 17.9 Å². The Hall–Kier alpha value is -6.23. The van der Waals surface area contributed by atoms with Gasteiger partial charge >= 0.3 is 0 Å². The van der Waals surface area contributed by atoms with E-state index in [0.717, 1.165) is 92.1 Å². The second-order valence-electron chi connectivity index (χ2n) is 17.1. The van der Waals surface area contributed by atoms with Crippen LogP contribution in [0.1, 0.15) is 83.7 Å². The number of anilines is 2. The fraction of sp³-hybridized carbons (Fsp3) is 0.477. The van der Waals surface area contributed by atoms with Gasteiger partial charge in [0.25, 0.3) is 11.8 Å². The van der Waals surface area contributed by atoms with Crippen molar-refractivity contribution in [2.45, 2.75) is 75.9 Å². The van der Waals surface area contributed by atoms with E-state index in [9.17, 15) is 28.8 Å². The van der Waals surface area contributed by atoms with Crippen LogP contribution in [0.5, 0.6) is 0 Å². The molecule has 6 heterocycles. The highest BCUT2D eigenvalue weighted by atomic mass is 16.2. The number of fused-ring (bicyclic) bond motifs is 2. The van der Waals surface area contributed by atoms with Gasteiger partial charge in [-0.25, -0.2) is 15.0 Å². The van der Waals surface area contributed by atoms with E-state index in [0.29, 0.717) is 37.0 Å². The van der Waals surface area contributed by atoms with E-state index in [1.54, 1.807) is 18.5 Å². The fourth-order valence-corrected chi connectivity index (χ4v) is 9.53. The number of carbonyl (C=O) groups excluding carboxylic acids is 6. The topological polar surface area (TPSA) is 204 Å². The molecular formula is C44H51N11O6. The lowest BCUT2D eigenvalue weighted by molar-refractivity contribution is -0.136. The summed E-state index contributed by atoms with van der Waals surface area (Å²) in [6.07, 6.45) is 9.64. The summed E-state index contributed by atoms with van der Waals surface area (Å²) < 4.78 is 2.11. The third-order valence-corrected chi connectivity index (χ3v) is 13.1. The summed E-state index contributed by atoms with van der Waals surface area (Å²) in [5.74, 6) is -0.533. The zero-order valence-electron chi connectivity index (χ0n) is 34.1. The van der Waals surface area contributed by atoms with Gasteiger partial charge in [-0.15, -0.1) is 0 Å². The average molecular weight is 830 g/mol. The second kappa shape index (κ2) is 17.4. The predicted octanol–water partition coefficient (Wildman–Crippen LogP) is 2.76. The average Bonchev–Trinajstić information content (AvgIpc) is 3.79. The van der Waals surface area contributed by atoms with Gasteiger partial charge in [0.2, 0.25) is 23.6 Å². The van der Waals surface area contributed by atoms with Gasteiger partial charge in [-0.3, -0.25) is 39.0 Å². The molecule has 0 unspecified atom stereocenters. The Balaban J connectivity index is 0.686. The summed E-state index contributed by atoms with van der Waals surface area (Å²) in [5, 5.41) is 12.0. The van der Waals surface area contributed by atoms with Crippen LogP contribution in [-0.4, -0.2) is 128 Å². The van der Waals surface area contributed by atoms with Crippen molar-refractivity contribution in [3.05, 3.63) is 77.9 Å². The van der Waals surface area contributed by atoms with Crippen LogP contribution in [0.4, 0.5) is 11.5 Å². The highest BCUT2D eigenvalue weighted by Gasteiger charge is 2.45. The molecule has 0 spiro atoms. The number of carbonyl (C=O) groups is 6. The SMILES string of the molecule is O=C1CC[C@H](N2C(=O)c3cccc(NCC(=O)N4CCC(CN5CCC(CNc6ncnc7c6ncn7C6CC(NC(=O)Cc7ccccc7)C6)CC5)CC4)c3C2=O)C(=O)N1. The predicted molar refractivity (Wildman–Crippen MR) is 224 cm³/mol. The molecule has 0 radical (unpaired) electrons. The number of likely N-dealkylation sites (tertiary alicyclic amines) is 2. The third kappa shape index (κ3) is 8.56. The Morgan fingerprint density at radius 1 is 0.803 bits per heavy atom. The number of hydrogen-bond donors (Lipinski definition) is 4. The summed E-state index contributed by atoms with van der Waals surface area (Å²) in [7, 11) is 0. The van der Waals surface area contributed by atoms with E-state index >= 15 is 0 Å². The Bertz CT molecular complexity index is 2330. The van der Waals surface area contributed by atoms with E-state index in [-0.39, 0.29) is 54.4 Å². The number of amides is 6. The van der Waals surface area contributed by atoms with Gasteiger partial charge < -0.3 is 30.3 Å². The highest BCUT2D eigenvalue weighted by Crippen LogP contribution is 2.36. The van der Waals surface area contributed by atoms with Crippen molar-refractivity contribution < 1.29 is 28.8 Å². The summed E-state index contributed by atoms with van der Waals surface area (Å²) in [4.78, 5) is 95.7. The number of benzene rings is 2. The maximum atomic E-state index is 13.4. The quantitative estimate of drug-likeness (QED) is 0.144. The zero-order chi connectivity index (χ0) is 42.0. The van der Waals surface area contributed by atoms with Crippen LogP contribution in [0.25, 0.3) is 11.2 Å². The molecule has 4 fully saturated rings. The minimum atomic E-state index is -1.05. The van der Waals surface area contributed by atoms with E-state index < -0.39 is 29.7 Å². The maximum Gasteiger partial charge on any atom is 0.264 e. The number of nitrogens with zero attached hydrogens (tertiary/aromatic N) is 7. The van der Waals surface area contributed by atoms with Crippen molar-refractivity contribution in [3.63, 3.8) is 0 Å². The fourth-order valence-electron chi connectivity index (χ4n) is 9.53. The molecule has 0 bridgehead atoms. The van der Waals surface area contributed by atoms with Crippen LogP contribution in [0.3, 0.4) is 0 Å². The standard InChI is InChI=1S/C44H51N11O6/c56-35-10-9-34(42(59)51-35)55-43(60)32-7-4-8-33(38(32)44(55)61)45-23-37(58)53-17-13-29(14-18-53)24-52-15-11-28(12-16-52)22-46-40-39-41(48-25-47-40)54(26-49-39)31-20-30(21-31)50-36(57)19-27-5-2-1-3-6-27/h1-8,25-26,28-31,34,45H,9-24H2,(H,50,57)(H,46,47,48)(H,51,56,59)/t30?,31?,34-/m0/s1. The molecule has 17 heteroatoms. The van der Waals surface area contributed by atoms with Crippen molar-refractivity contribution in [3.8, 4) is 0 Å². The lowest BCUT2D eigenvalue weighted by Crippen LogP contribution is -2.54. The molecule has 1 saturated carbocycles. The summed E-state index contributed by atoms with van der Waals surface area (Å²) in [5.41, 5.74) is 3.27. The molecule has 4 aromatic rings. The van der Waals surface area contributed by atoms with E-state index in [2.05, 4.69) is 40.7 Å². The van der Waals surface area contributed by atoms with Crippen molar-refractivity contribution in [1.82, 2.24) is 44.9 Å². The molecule has 5 aliphatic rings. The smallest absolute Gasteiger partial charge is 0.264 e. The van der Waals surface area contributed by atoms with Crippen molar-refractivity contribution in [2.24, 2.45) is 11.8 Å². The van der Waals surface area contributed by atoms with Crippen LogP contribution in [0, 0.1) is 11.8 Å². The molecule has 1 aliphatic carbocycles. The van der Waals surface area contributed by atoms with Crippen LogP contribution in [0.2, 0.25) is 0 Å². The Morgan fingerprint density at radius 2 is 1.57 bits per heavy atom. The molecule has 4 N–H and O–H groups in total. The first-order valence-corrected chi connectivity index (χ1v) is 21.5. The number of rotatable bonds is 13. The van der Waals surface area contributed by atoms with Crippen molar-refractivity contribution in [2.75, 3.05) is 56.4 Å². The van der Waals surface area contributed by atoms with Crippen LogP contribution in [0.15, 0.2) is 61.2 Å². The van der Waals surface area contributed by atoms with E-state index in [1.165, 1.54) is 6.07 Å². The van der Waals surface area contributed by atoms with Crippen molar-refractivity contribution in [1.29, 1.82) is 0 Å². The highest BCUT2D eigenvalue weighted by molar-refractivity contribution is 6.25. The van der Waals surface area contributed by atoms with Gasteiger partial charge in [0, 0.05) is 50.4 Å². The number of hydrogen-bond acceptors (Lipinski definition) is 12. The number of piperidine rings is 3. The Kier molecular flexibility index (Phi) is 11.5. The van der Waals surface area contributed by atoms with Crippen LogP contribution in [-0.2, 0) is 25.6 Å². The third-order valence-electron chi connectivity index (χ3n) is 13.1. The Labute approximate surface area is 353 Å². The summed E-state index contributed by atoms with van der Waals surface area (Å²) in [6, 6.07) is 14.0. The zero-order valence-corrected chi connectivity index (χ0v) is 34.1. The molecule has 1 atom stereocenters. The lowest BCUT2D eigenvalue weighted by Gasteiger charge is -2.38. The monoisotopic (exact) mass is 829 g/mol. The maximum absolute atomic E-state index is 13.4. The molecular weight excluding hydrogens is 779 g/mol. The number of imide groups is 2. The lowest BCUT2D eigenvalue weighted by atomic mass is 9.86. The first-order chi connectivity index (χ1) is 29.7. The Morgan fingerprint density at radius 3 is 2.34 bits per heavy atom. The molecule has 4 aliphatic heterocycles. The number of imidazole rings is 1. The van der Waals surface area contributed by atoms with Gasteiger partial charge in [0.05, 0.1) is 30.4 Å². The van der Waals surface area contributed by atoms with E-state index in [4.69, 9.17) is 4.98 Å². The van der Waals surface area contributed by atoms with Gasteiger partial charge in [-0.2, -0.15) is 0 Å². The normalized spacial score (nSPS) is 22.5. The molecule has 9 rings (SSSR count). The number of aromatic nitrogens is 4. The molecule has 61 heavy (non-hydrogen) atoms. The largest absolute Gasteiger partial charge is 0.375 e. The molecule has 318 valence electrons. The van der Waals surface area contributed by atoms with E-state index in [1.807, 2.05) is 41.6 Å². The van der Waals surface area contributed by atoms with Crippen molar-refractivity contribution >= 4 is 58.1 Å². The molecule has 3 saturated heterocycles. The van der Waals surface area contributed by atoms with Gasteiger partial charge in [-0.05, 0) is 87.6 Å². The van der Waals surface area contributed by atoms with Gasteiger partial charge in [-0.1, -0.05) is 36.4 Å². The number of nitrogens with one attached hydrogen (secondary N) is 4. The first-order valence-electron chi connectivity index (χ1n) is 21.5. The molecule has 17 nitrogen and oxygen atoms in total.